The molecule has 1 fully saturated rings. The summed E-state index contributed by atoms with van der Waals surface area (Å²) in [6.45, 7) is 3.65. The van der Waals surface area contributed by atoms with Crippen molar-refractivity contribution in [3.8, 4) is 0 Å². The molecule has 2 rings (SSSR count). The summed E-state index contributed by atoms with van der Waals surface area (Å²) in [6, 6.07) is 7.52. The summed E-state index contributed by atoms with van der Waals surface area (Å²) >= 11 is 0. The first kappa shape index (κ1) is 13.6. The SMILES string of the molecule is CCc1ccc(C(=O)O[C@H](C)C(=O)NC2CC2)cc1. The fourth-order valence-electron chi connectivity index (χ4n) is 1.70. The quantitative estimate of drug-likeness (QED) is 0.826. The fourth-order valence-corrected chi connectivity index (χ4v) is 1.70. The van der Waals surface area contributed by atoms with Crippen LogP contribution in [0.4, 0.5) is 0 Å². The smallest absolute Gasteiger partial charge is 0.338 e. The average molecular weight is 261 g/mol. The van der Waals surface area contributed by atoms with Gasteiger partial charge in [0.1, 0.15) is 0 Å². The molecule has 1 aliphatic rings. The maximum Gasteiger partial charge on any atom is 0.338 e. The van der Waals surface area contributed by atoms with Gasteiger partial charge in [-0.1, -0.05) is 19.1 Å². The van der Waals surface area contributed by atoms with Gasteiger partial charge < -0.3 is 10.1 Å². The van der Waals surface area contributed by atoms with Crippen LogP contribution in [0.3, 0.4) is 0 Å². The maximum atomic E-state index is 11.9. The number of rotatable bonds is 5. The van der Waals surface area contributed by atoms with E-state index in [0.29, 0.717) is 5.56 Å². The van der Waals surface area contributed by atoms with Gasteiger partial charge in [0.25, 0.3) is 5.91 Å². The molecule has 1 aromatic carbocycles. The molecular weight excluding hydrogens is 242 g/mol. The van der Waals surface area contributed by atoms with E-state index in [0.717, 1.165) is 24.8 Å². The van der Waals surface area contributed by atoms with Crippen molar-refractivity contribution in [1.29, 1.82) is 0 Å². The van der Waals surface area contributed by atoms with Gasteiger partial charge in [-0.3, -0.25) is 4.79 Å². The van der Waals surface area contributed by atoms with Crippen LogP contribution < -0.4 is 5.32 Å². The summed E-state index contributed by atoms with van der Waals surface area (Å²) in [7, 11) is 0. The van der Waals surface area contributed by atoms with Crippen LogP contribution >= 0.6 is 0 Å². The highest BCUT2D eigenvalue weighted by atomic mass is 16.5. The molecule has 1 atom stereocenters. The van der Waals surface area contributed by atoms with Gasteiger partial charge in [0.2, 0.25) is 0 Å². The third kappa shape index (κ3) is 3.81. The van der Waals surface area contributed by atoms with E-state index >= 15 is 0 Å². The van der Waals surface area contributed by atoms with Crippen LogP contribution in [0.25, 0.3) is 0 Å². The van der Waals surface area contributed by atoms with Crippen LogP contribution in [0, 0.1) is 0 Å². The van der Waals surface area contributed by atoms with Crippen molar-refractivity contribution in [2.45, 2.75) is 45.3 Å². The van der Waals surface area contributed by atoms with Crippen LogP contribution in [0.2, 0.25) is 0 Å². The molecule has 4 heteroatoms. The van der Waals surface area contributed by atoms with Crippen molar-refractivity contribution in [3.05, 3.63) is 35.4 Å². The fraction of sp³-hybridized carbons (Fsp3) is 0.467. The highest BCUT2D eigenvalue weighted by Gasteiger charge is 2.27. The van der Waals surface area contributed by atoms with Crippen molar-refractivity contribution in [3.63, 3.8) is 0 Å². The van der Waals surface area contributed by atoms with Crippen molar-refractivity contribution in [2.24, 2.45) is 0 Å². The summed E-state index contributed by atoms with van der Waals surface area (Å²) in [5, 5.41) is 2.81. The van der Waals surface area contributed by atoms with E-state index in [4.69, 9.17) is 4.74 Å². The highest BCUT2D eigenvalue weighted by Crippen LogP contribution is 2.19. The lowest BCUT2D eigenvalue weighted by Crippen LogP contribution is -2.37. The average Bonchev–Trinajstić information content (AvgIpc) is 3.22. The third-order valence-electron chi connectivity index (χ3n) is 3.17. The standard InChI is InChI=1S/C15H19NO3/c1-3-11-4-6-12(7-5-11)15(18)19-10(2)14(17)16-13-8-9-13/h4-7,10,13H,3,8-9H2,1-2H3,(H,16,17)/t10-/m1/s1. The number of amides is 1. The second-order valence-electron chi connectivity index (χ2n) is 4.88. The van der Waals surface area contributed by atoms with E-state index in [1.54, 1.807) is 19.1 Å². The number of carbonyl (C=O) groups is 2. The minimum absolute atomic E-state index is 0.221. The first-order valence-electron chi connectivity index (χ1n) is 6.70. The Morgan fingerprint density at radius 1 is 1.32 bits per heavy atom. The van der Waals surface area contributed by atoms with E-state index in [1.807, 2.05) is 12.1 Å². The van der Waals surface area contributed by atoms with Crippen molar-refractivity contribution in [2.75, 3.05) is 0 Å². The number of benzene rings is 1. The first-order valence-corrected chi connectivity index (χ1v) is 6.70. The molecule has 0 heterocycles. The Morgan fingerprint density at radius 2 is 1.95 bits per heavy atom. The van der Waals surface area contributed by atoms with Crippen LogP contribution in [0.5, 0.6) is 0 Å². The Morgan fingerprint density at radius 3 is 2.47 bits per heavy atom. The molecule has 0 saturated heterocycles. The van der Waals surface area contributed by atoms with Gasteiger partial charge in [-0.05, 0) is 43.9 Å². The van der Waals surface area contributed by atoms with Crippen molar-refractivity contribution < 1.29 is 14.3 Å². The van der Waals surface area contributed by atoms with E-state index < -0.39 is 12.1 Å². The number of hydrogen-bond donors (Lipinski definition) is 1. The molecule has 0 bridgehead atoms. The predicted octanol–water partition coefficient (Wildman–Crippen LogP) is 2.07. The molecule has 0 unspecified atom stereocenters. The predicted molar refractivity (Wildman–Crippen MR) is 71.9 cm³/mol. The Bertz CT molecular complexity index is 463. The summed E-state index contributed by atoms with van der Waals surface area (Å²) in [4.78, 5) is 23.5. The molecule has 0 aromatic heterocycles. The van der Waals surface area contributed by atoms with Gasteiger partial charge in [0, 0.05) is 6.04 Å². The number of carbonyl (C=O) groups excluding carboxylic acids is 2. The van der Waals surface area contributed by atoms with E-state index in [-0.39, 0.29) is 11.9 Å². The Kier molecular flexibility index (Phi) is 4.20. The van der Waals surface area contributed by atoms with E-state index in [2.05, 4.69) is 12.2 Å². The molecule has 1 saturated carbocycles. The first-order chi connectivity index (χ1) is 9.10. The van der Waals surface area contributed by atoms with Crippen LogP contribution in [0.15, 0.2) is 24.3 Å². The third-order valence-corrected chi connectivity index (χ3v) is 3.17. The zero-order valence-electron chi connectivity index (χ0n) is 11.3. The molecule has 1 N–H and O–H groups in total. The Balaban J connectivity index is 1.89. The molecule has 19 heavy (non-hydrogen) atoms. The highest BCUT2D eigenvalue weighted by molar-refractivity contribution is 5.92. The summed E-state index contributed by atoms with van der Waals surface area (Å²) in [5.74, 6) is -0.679. The van der Waals surface area contributed by atoms with Crippen molar-refractivity contribution in [1.82, 2.24) is 5.32 Å². The van der Waals surface area contributed by atoms with E-state index in [9.17, 15) is 9.59 Å². The molecule has 4 nitrogen and oxygen atoms in total. The Labute approximate surface area is 113 Å². The number of hydrogen-bond acceptors (Lipinski definition) is 3. The second kappa shape index (κ2) is 5.87. The van der Waals surface area contributed by atoms with E-state index in [1.165, 1.54) is 0 Å². The Hall–Kier alpha value is -1.84. The molecule has 1 aromatic rings. The number of nitrogens with one attached hydrogen (secondary N) is 1. The summed E-state index contributed by atoms with van der Waals surface area (Å²) in [5.41, 5.74) is 1.64. The zero-order valence-corrected chi connectivity index (χ0v) is 11.3. The minimum atomic E-state index is -0.751. The van der Waals surface area contributed by atoms with Gasteiger partial charge >= 0.3 is 5.97 Å². The largest absolute Gasteiger partial charge is 0.449 e. The molecule has 0 spiro atoms. The molecule has 1 aliphatic carbocycles. The van der Waals surface area contributed by atoms with Gasteiger partial charge in [0.15, 0.2) is 6.10 Å². The molecular formula is C15H19NO3. The second-order valence-corrected chi connectivity index (χ2v) is 4.88. The van der Waals surface area contributed by atoms with Gasteiger partial charge in [-0.25, -0.2) is 4.79 Å². The lowest BCUT2D eigenvalue weighted by Gasteiger charge is -2.13. The topological polar surface area (TPSA) is 55.4 Å². The maximum absolute atomic E-state index is 11.9. The van der Waals surface area contributed by atoms with Crippen LogP contribution in [-0.2, 0) is 16.0 Å². The number of esters is 1. The van der Waals surface area contributed by atoms with Crippen LogP contribution in [-0.4, -0.2) is 24.0 Å². The lowest BCUT2D eigenvalue weighted by atomic mass is 10.1. The lowest BCUT2D eigenvalue weighted by molar-refractivity contribution is -0.129. The summed E-state index contributed by atoms with van der Waals surface area (Å²) < 4.78 is 5.15. The van der Waals surface area contributed by atoms with Gasteiger partial charge in [0.05, 0.1) is 5.56 Å². The molecule has 0 radical (unpaired) electrons. The monoisotopic (exact) mass is 261 g/mol. The molecule has 1 amide bonds. The van der Waals surface area contributed by atoms with Gasteiger partial charge in [-0.2, -0.15) is 0 Å². The minimum Gasteiger partial charge on any atom is -0.449 e. The van der Waals surface area contributed by atoms with Gasteiger partial charge in [-0.15, -0.1) is 0 Å². The molecule has 0 aliphatic heterocycles. The molecule has 102 valence electrons. The number of ether oxygens (including phenoxy) is 1. The normalized spacial score (nSPS) is 15.7. The summed E-state index contributed by atoms with van der Waals surface area (Å²) in [6.07, 6.45) is 2.21. The van der Waals surface area contributed by atoms with Crippen molar-refractivity contribution >= 4 is 11.9 Å². The van der Waals surface area contributed by atoms with Crippen LogP contribution in [0.1, 0.15) is 42.6 Å². The number of aryl methyl sites for hydroxylation is 1. The zero-order chi connectivity index (χ0) is 13.8.